The van der Waals surface area contributed by atoms with E-state index in [9.17, 15) is 0 Å². The van der Waals surface area contributed by atoms with Gasteiger partial charge in [0.05, 0.1) is 0 Å². The molecule has 0 bridgehead atoms. The summed E-state index contributed by atoms with van der Waals surface area (Å²) in [7, 11) is 0. The van der Waals surface area contributed by atoms with Crippen LogP contribution in [0.1, 0.15) is 23.5 Å². The van der Waals surface area contributed by atoms with Gasteiger partial charge in [-0.1, -0.05) is 29.8 Å². The number of nitrogens with two attached hydrogens (primary N) is 1. The number of aromatic nitrogens is 2. The molecule has 2 aromatic rings. The van der Waals surface area contributed by atoms with Crippen molar-refractivity contribution in [2.45, 2.75) is 31.8 Å². The first-order chi connectivity index (χ1) is 8.74. The van der Waals surface area contributed by atoms with Crippen molar-refractivity contribution in [2.75, 3.05) is 0 Å². The molecule has 2 heterocycles. The summed E-state index contributed by atoms with van der Waals surface area (Å²) in [5.41, 5.74) is 8.35. The normalized spacial score (nSPS) is 18.7. The number of fused-ring (bicyclic) bond motifs is 1. The zero-order chi connectivity index (χ0) is 12.5. The molecule has 1 aromatic heterocycles. The second-order valence-corrected chi connectivity index (χ2v) is 5.25. The van der Waals surface area contributed by atoms with Crippen LogP contribution >= 0.6 is 11.6 Å². The Labute approximate surface area is 112 Å². The summed E-state index contributed by atoms with van der Waals surface area (Å²) in [5, 5.41) is 0.808. The number of imidazole rings is 1. The van der Waals surface area contributed by atoms with Crippen LogP contribution in [0, 0.1) is 0 Å². The monoisotopic (exact) mass is 261 g/mol. The minimum absolute atomic E-state index is 0.280. The Morgan fingerprint density at radius 2 is 2.22 bits per heavy atom. The minimum Gasteiger partial charge on any atom is -0.332 e. The fraction of sp³-hybridized carbons (Fsp3) is 0.357. The Morgan fingerprint density at radius 1 is 1.39 bits per heavy atom. The van der Waals surface area contributed by atoms with Gasteiger partial charge in [-0.05, 0) is 18.1 Å². The molecule has 0 aliphatic carbocycles. The van der Waals surface area contributed by atoms with Crippen molar-refractivity contribution in [1.29, 1.82) is 0 Å². The lowest BCUT2D eigenvalue weighted by atomic mass is 10.1. The average molecular weight is 262 g/mol. The average Bonchev–Trinajstić information content (AvgIpc) is 2.74. The molecule has 3 nitrogen and oxygen atoms in total. The highest BCUT2D eigenvalue weighted by Gasteiger charge is 2.19. The zero-order valence-electron chi connectivity index (χ0n) is 10.1. The molecular formula is C14H16ClN3. The van der Waals surface area contributed by atoms with Gasteiger partial charge in [0, 0.05) is 42.3 Å². The highest BCUT2D eigenvalue weighted by Crippen LogP contribution is 2.21. The summed E-state index contributed by atoms with van der Waals surface area (Å²) in [5.74, 6) is 1.09. The maximum absolute atomic E-state index is 6.19. The van der Waals surface area contributed by atoms with Crippen LogP contribution in [0.4, 0.5) is 0 Å². The van der Waals surface area contributed by atoms with E-state index in [2.05, 4.69) is 15.6 Å². The summed E-state index contributed by atoms with van der Waals surface area (Å²) >= 11 is 6.19. The number of nitrogens with zero attached hydrogens (tertiary/aromatic N) is 2. The molecule has 0 amide bonds. The molecule has 0 saturated heterocycles. The van der Waals surface area contributed by atoms with E-state index in [4.69, 9.17) is 17.3 Å². The lowest BCUT2D eigenvalue weighted by molar-refractivity contribution is 0.462. The summed E-state index contributed by atoms with van der Waals surface area (Å²) in [6, 6.07) is 8.22. The highest BCUT2D eigenvalue weighted by molar-refractivity contribution is 6.31. The molecule has 0 spiro atoms. The van der Waals surface area contributed by atoms with Crippen molar-refractivity contribution in [1.82, 2.24) is 9.55 Å². The topological polar surface area (TPSA) is 43.8 Å². The van der Waals surface area contributed by atoms with Crippen molar-refractivity contribution >= 4 is 11.6 Å². The van der Waals surface area contributed by atoms with E-state index in [1.807, 2.05) is 24.4 Å². The number of hydrogen-bond acceptors (Lipinski definition) is 2. The predicted octanol–water partition coefficient (Wildman–Crippen LogP) is 2.40. The molecule has 1 aromatic carbocycles. The van der Waals surface area contributed by atoms with Gasteiger partial charge in [-0.25, -0.2) is 4.98 Å². The molecule has 1 aliphatic heterocycles. The standard InChI is InChI=1S/C14H16ClN3/c15-13-4-2-1-3-10(13)7-14-17-9-12-8-11(16)5-6-18(12)14/h1-4,9,11H,5-8,16H2. The van der Waals surface area contributed by atoms with Crippen molar-refractivity contribution in [3.63, 3.8) is 0 Å². The predicted molar refractivity (Wildman–Crippen MR) is 72.8 cm³/mol. The van der Waals surface area contributed by atoms with Crippen LogP contribution in [0.2, 0.25) is 5.02 Å². The second-order valence-electron chi connectivity index (χ2n) is 4.84. The van der Waals surface area contributed by atoms with E-state index < -0.39 is 0 Å². The number of rotatable bonds is 2. The lowest BCUT2D eigenvalue weighted by Crippen LogP contribution is -2.31. The van der Waals surface area contributed by atoms with Crippen LogP contribution in [0.3, 0.4) is 0 Å². The maximum Gasteiger partial charge on any atom is 0.113 e. The minimum atomic E-state index is 0.280. The first-order valence-corrected chi connectivity index (χ1v) is 6.64. The molecule has 3 rings (SSSR count). The summed E-state index contributed by atoms with van der Waals surface area (Å²) in [6.45, 7) is 0.969. The molecular weight excluding hydrogens is 246 g/mol. The van der Waals surface area contributed by atoms with E-state index in [0.717, 1.165) is 42.2 Å². The lowest BCUT2D eigenvalue weighted by Gasteiger charge is -2.21. The van der Waals surface area contributed by atoms with Gasteiger partial charge in [-0.3, -0.25) is 0 Å². The molecule has 0 saturated carbocycles. The van der Waals surface area contributed by atoms with Crippen LogP contribution in [0.5, 0.6) is 0 Å². The van der Waals surface area contributed by atoms with Gasteiger partial charge in [0.2, 0.25) is 0 Å². The Bertz CT molecular complexity index is 562. The third kappa shape index (κ3) is 2.16. The van der Waals surface area contributed by atoms with Gasteiger partial charge in [-0.15, -0.1) is 0 Å². The van der Waals surface area contributed by atoms with E-state index in [-0.39, 0.29) is 6.04 Å². The second kappa shape index (κ2) is 4.75. The van der Waals surface area contributed by atoms with E-state index in [1.54, 1.807) is 0 Å². The van der Waals surface area contributed by atoms with Gasteiger partial charge in [0.15, 0.2) is 0 Å². The van der Waals surface area contributed by atoms with Gasteiger partial charge in [0.25, 0.3) is 0 Å². The smallest absolute Gasteiger partial charge is 0.113 e. The first kappa shape index (κ1) is 11.8. The molecule has 0 fully saturated rings. The van der Waals surface area contributed by atoms with Crippen LogP contribution in [-0.2, 0) is 19.4 Å². The fourth-order valence-electron chi connectivity index (χ4n) is 2.51. The number of benzene rings is 1. The largest absolute Gasteiger partial charge is 0.332 e. The quantitative estimate of drug-likeness (QED) is 0.902. The van der Waals surface area contributed by atoms with Crippen LogP contribution in [0.25, 0.3) is 0 Å². The molecule has 1 atom stereocenters. The third-order valence-electron chi connectivity index (χ3n) is 3.52. The Balaban J connectivity index is 1.88. The molecule has 0 radical (unpaired) electrons. The van der Waals surface area contributed by atoms with E-state index >= 15 is 0 Å². The molecule has 94 valence electrons. The third-order valence-corrected chi connectivity index (χ3v) is 3.89. The molecule has 2 N–H and O–H groups in total. The van der Waals surface area contributed by atoms with Crippen molar-refractivity contribution in [2.24, 2.45) is 5.73 Å². The van der Waals surface area contributed by atoms with E-state index in [1.165, 1.54) is 5.69 Å². The molecule has 18 heavy (non-hydrogen) atoms. The Kier molecular flexibility index (Phi) is 3.10. The van der Waals surface area contributed by atoms with Crippen molar-refractivity contribution in [3.05, 3.63) is 52.6 Å². The zero-order valence-corrected chi connectivity index (χ0v) is 10.9. The SMILES string of the molecule is NC1CCn2c(cnc2Cc2ccccc2Cl)C1. The van der Waals surface area contributed by atoms with E-state index in [0.29, 0.717) is 0 Å². The van der Waals surface area contributed by atoms with Gasteiger partial charge < -0.3 is 10.3 Å². The van der Waals surface area contributed by atoms with Gasteiger partial charge in [-0.2, -0.15) is 0 Å². The first-order valence-electron chi connectivity index (χ1n) is 6.26. The fourth-order valence-corrected chi connectivity index (χ4v) is 2.71. The highest BCUT2D eigenvalue weighted by atomic mass is 35.5. The maximum atomic E-state index is 6.19. The summed E-state index contributed by atoms with van der Waals surface area (Å²) < 4.78 is 2.28. The van der Waals surface area contributed by atoms with Crippen LogP contribution < -0.4 is 5.73 Å². The molecule has 1 aliphatic rings. The van der Waals surface area contributed by atoms with Crippen LogP contribution in [0.15, 0.2) is 30.5 Å². The number of halogens is 1. The van der Waals surface area contributed by atoms with Crippen molar-refractivity contribution < 1.29 is 0 Å². The Hall–Kier alpha value is -1.32. The summed E-state index contributed by atoms with van der Waals surface area (Å²) in [6.07, 6.45) is 4.69. The van der Waals surface area contributed by atoms with Crippen molar-refractivity contribution in [3.8, 4) is 0 Å². The Morgan fingerprint density at radius 3 is 3.06 bits per heavy atom. The van der Waals surface area contributed by atoms with Gasteiger partial charge >= 0.3 is 0 Å². The van der Waals surface area contributed by atoms with Crippen LogP contribution in [-0.4, -0.2) is 15.6 Å². The number of hydrogen-bond donors (Lipinski definition) is 1. The molecule has 1 unspecified atom stereocenters. The van der Waals surface area contributed by atoms with Gasteiger partial charge in [0.1, 0.15) is 5.82 Å². The summed E-state index contributed by atoms with van der Waals surface area (Å²) in [4.78, 5) is 4.52. The molecule has 4 heteroatoms.